The molecule has 6 heteroatoms. The van der Waals surface area contributed by atoms with Crippen molar-refractivity contribution in [3.8, 4) is 22.8 Å². The lowest BCUT2D eigenvalue weighted by atomic mass is 10.1. The quantitative estimate of drug-likeness (QED) is 0.939. The van der Waals surface area contributed by atoms with Gasteiger partial charge in [-0.15, -0.1) is 0 Å². The third-order valence-corrected chi connectivity index (χ3v) is 3.21. The number of rotatable bonds is 3. The third-order valence-electron chi connectivity index (χ3n) is 2.62. The number of nitrogen functional groups attached to an aromatic ring is 1. The van der Waals surface area contributed by atoms with Gasteiger partial charge in [0.05, 0.1) is 30.0 Å². The lowest BCUT2D eigenvalue weighted by Gasteiger charge is -2.12. The Labute approximate surface area is 121 Å². The zero-order chi connectivity index (χ0) is 14.0. The number of pyridine rings is 1. The molecule has 100 valence electrons. The number of aromatic nitrogens is 1. The van der Waals surface area contributed by atoms with Crippen LogP contribution in [0.4, 0.5) is 5.82 Å². The summed E-state index contributed by atoms with van der Waals surface area (Å²) in [6.07, 6.45) is 0. The summed E-state index contributed by atoms with van der Waals surface area (Å²) in [6, 6.07) is 6.90. The standard InChI is InChI=1S/C13H12Cl2N2O2/c1-18-7-3-4-11(19-2)8(5-7)12-9(14)6-10(15)13(16)17-12/h3-6H,1-2H3,(H2,16,17). The molecule has 0 aliphatic carbocycles. The normalized spacial score (nSPS) is 10.3. The number of benzene rings is 1. The molecule has 0 bridgehead atoms. The van der Waals surface area contributed by atoms with Crippen LogP contribution in [0.5, 0.6) is 11.5 Å². The molecule has 0 aliphatic rings. The van der Waals surface area contributed by atoms with Gasteiger partial charge in [0.2, 0.25) is 0 Å². The van der Waals surface area contributed by atoms with Gasteiger partial charge in [0, 0.05) is 5.56 Å². The summed E-state index contributed by atoms with van der Waals surface area (Å²) < 4.78 is 10.5. The highest BCUT2D eigenvalue weighted by molar-refractivity contribution is 6.37. The van der Waals surface area contributed by atoms with Crippen LogP contribution < -0.4 is 15.2 Å². The van der Waals surface area contributed by atoms with Gasteiger partial charge in [-0.2, -0.15) is 0 Å². The van der Waals surface area contributed by atoms with Crippen molar-refractivity contribution in [2.24, 2.45) is 0 Å². The Morgan fingerprint density at radius 2 is 1.79 bits per heavy atom. The summed E-state index contributed by atoms with van der Waals surface area (Å²) in [4.78, 5) is 4.20. The third kappa shape index (κ3) is 2.69. The maximum absolute atomic E-state index is 6.16. The van der Waals surface area contributed by atoms with Gasteiger partial charge in [0.1, 0.15) is 17.3 Å². The van der Waals surface area contributed by atoms with E-state index in [4.69, 9.17) is 38.4 Å². The van der Waals surface area contributed by atoms with Crippen LogP contribution in [0.15, 0.2) is 24.3 Å². The molecule has 2 rings (SSSR count). The maximum atomic E-state index is 6.16. The van der Waals surface area contributed by atoms with E-state index in [9.17, 15) is 0 Å². The van der Waals surface area contributed by atoms with Crippen molar-refractivity contribution in [2.45, 2.75) is 0 Å². The van der Waals surface area contributed by atoms with Gasteiger partial charge in [0.15, 0.2) is 0 Å². The molecule has 2 aromatic rings. The molecular formula is C13H12Cl2N2O2. The molecule has 0 unspecified atom stereocenters. The molecule has 19 heavy (non-hydrogen) atoms. The first-order chi connectivity index (χ1) is 9.06. The Balaban J connectivity index is 2.66. The van der Waals surface area contributed by atoms with E-state index in [1.54, 1.807) is 38.5 Å². The van der Waals surface area contributed by atoms with Gasteiger partial charge in [-0.3, -0.25) is 0 Å². The summed E-state index contributed by atoms with van der Waals surface area (Å²) in [6.45, 7) is 0. The Bertz CT molecular complexity index is 618. The Morgan fingerprint density at radius 3 is 2.42 bits per heavy atom. The number of methoxy groups -OCH3 is 2. The predicted octanol–water partition coefficient (Wildman–Crippen LogP) is 3.65. The van der Waals surface area contributed by atoms with E-state index >= 15 is 0 Å². The number of hydrogen-bond acceptors (Lipinski definition) is 4. The molecule has 0 atom stereocenters. The van der Waals surface area contributed by atoms with E-state index in [-0.39, 0.29) is 5.82 Å². The lowest BCUT2D eigenvalue weighted by molar-refractivity contribution is 0.404. The summed E-state index contributed by atoms with van der Waals surface area (Å²) in [5.74, 6) is 1.50. The van der Waals surface area contributed by atoms with Crippen LogP contribution in [0.1, 0.15) is 0 Å². The maximum Gasteiger partial charge on any atom is 0.143 e. The lowest BCUT2D eigenvalue weighted by Crippen LogP contribution is -1.97. The van der Waals surface area contributed by atoms with E-state index in [2.05, 4.69) is 4.98 Å². The minimum atomic E-state index is 0.214. The predicted molar refractivity (Wildman–Crippen MR) is 77.2 cm³/mol. The second-order valence-electron chi connectivity index (χ2n) is 3.75. The number of anilines is 1. The summed E-state index contributed by atoms with van der Waals surface area (Å²) in [5.41, 5.74) is 6.90. The Kier molecular flexibility index (Phi) is 4.02. The number of halogens is 2. The summed E-state index contributed by atoms with van der Waals surface area (Å²) in [7, 11) is 3.15. The molecule has 1 heterocycles. The first-order valence-electron chi connectivity index (χ1n) is 5.40. The van der Waals surface area contributed by atoms with Gasteiger partial charge in [-0.1, -0.05) is 23.2 Å². The molecule has 0 saturated heterocycles. The number of nitrogens with two attached hydrogens (primary N) is 1. The van der Waals surface area contributed by atoms with Crippen molar-refractivity contribution in [3.05, 3.63) is 34.3 Å². The minimum absolute atomic E-state index is 0.214. The van der Waals surface area contributed by atoms with Crippen LogP contribution in [0.2, 0.25) is 10.0 Å². The van der Waals surface area contributed by atoms with Crippen molar-refractivity contribution in [1.82, 2.24) is 4.98 Å². The monoisotopic (exact) mass is 298 g/mol. The van der Waals surface area contributed by atoms with Gasteiger partial charge in [-0.25, -0.2) is 4.98 Å². The fraction of sp³-hybridized carbons (Fsp3) is 0.154. The van der Waals surface area contributed by atoms with Crippen molar-refractivity contribution < 1.29 is 9.47 Å². The topological polar surface area (TPSA) is 57.4 Å². The van der Waals surface area contributed by atoms with Crippen LogP contribution in [-0.4, -0.2) is 19.2 Å². The van der Waals surface area contributed by atoms with E-state index in [1.165, 1.54) is 0 Å². The minimum Gasteiger partial charge on any atom is -0.497 e. The van der Waals surface area contributed by atoms with Crippen LogP contribution in [-0.2, 0) is 0 Å². The molecule has 0 fully saturated rings. The van der Waals surface area contributed by atoms with E-state index in [0.717, 1.165) is 0 Å². The van der Waals surface area contributed by atoms with Crippen molar-refractivity contribution in [2.75, 3.05) is 20.0 Å². The fourth-order valence-corrected chi connectivity index (χ4v) is 2.13. The van der Waals surface area contributed by atoms with Gasteiger partial charge in [-0.05, 0) is 24.3 Å². The highest BCUT2D eigenvalue weighted by Gasteiger charge is 2.14. The second kappa shape index (κ2) is 5.55. The smallest absolute Gasteiger partial charge is 0.143 e. The average Bonchev–Trinajstić information content (AvgIpc) is 2.42. The molecule has 0 spiro atoms. The first-order valence-corrected chi connectivity index (χ1v) is 6.16. The van der Waals surface area contributed by atoms with Crippen LogP contribution in [0.25, 0.3) is 11.3 Å². The van der Waals surface area contributed by atoms with Gasteiger partial charge >= 0.3 is 0 Å². The molecule has 0 saturated carbocycles. The van der Waals surface area contributed by atoms with Gasteiger partial charge < -0.3 is 15.2 Å². The molecular weight excluding hydrogens is 287 g/mol. The van der Waals surface area contributed by atoms with Crippen LogP contribution in [0.3, 0.4) is 0 Å². The van der Waals surface area contributed by atoms with Gasteiger partial charge in [0.25, 0.3) is 0 Å². The second-order valence-corrected chi connectivity index (χ2v) is 4.57. The van der Waals surface area contributed by atoms with Crippen LogP contribution >= 0.6 is 23.2 Å². The molecule has 2 N–H and O–H groups in total. The summed E-state index contributed by atoms with van der Waals surface area (Å²) in [5, 5.41) is 0.710. The highest BCUT2D eigenvalue weighted by Crippen LogP contribution is 2.38. The Hall–Kier alpha value is -1.65. The van der Waals surface area contributed by atoms with E-state index in [1.807, 2.05) is 0 Å². The van der Waals surface area contributed by atoms with Crippen molar-refractivity contribution in [3.63, 3.8) is 0 Å². The van der Waals surface area contributed by atoms with Crippen molar-refractivity contribution in [1.29, 1.82) is 0 Å². The van der Waals surface area contributed by atoms with E-state index < -0.39 is 0 Å². The first kappa shape index (κ1) is 13.8. The number of ether oxygens (including phenoxy) is 2. The van der Waals surface area contributed by atoms with E-state index in [0.29, 0.717) is 32.8 Å². The molecule has 0 aliphatic heterocycles. The zero-order valence-corrected chi connectivity index (χ0v) is 11.9. The molecule has 1 aromatic carbocycles. The number of nitrogens with zero attached hydrogens (tertiary/aromatic N) is 1. The number of hydrogen-bond donors (Lipinski definition) is 1. The largest absolute Gasteiger partial charge is 0.497 e. The zero-order valence-electron chi connectivity index (χ0n) is 10.4. The molecule has 0 amide bonds. The van der Waals surface area contributed by atoms with Crippen LogP contribution in [0, 0.1) is 0 Å². The Morgan fingerprint density at radius 1 is 1.05 bits per heavy atom. The SMILES string of the molecule is COc1ccc(OC)c(-c2nc(N)c(Cl)cc2Cl)c1. The highest BCUT2D eigenvalue weighted by atomic mass is 35.5. The van der Waals surface area contributed by atoms with Crippen molar-refractivity contribution >= 4 is 29.0 Å². The average molecular weight is 299 g/mol. The fourth-order valence-electron chi connectivity index (χ4n) is 1.67. The molecule has 0 radical (unpaired) electrons. The molecule has 1 aromatic heterocycles. The molecule has 4 nitrogen and oxygen atoms in total. The summed E-state index contributed by atoms with van der Waals surface area (Å²) >= 11 is 12.0.